The minimum atomic E-state index is -3.78. The maximum Gasteiger partial charge on any atom is 0.244 e. The van der Waals surface area contributed by atoms with Crippen LogP contribution >= 0.6 is 11.6 Å². The van der Waals surface area contributed by atoms with Gasteiger partial charge in [-0.25, -0.2) is 13.1 Å². The van der Waals surface area contributed by atoms with Crippen molar-refractivity contribution in [1.82, 2.24) is 4.72 Å². The first-order chi connectivity index (χ1) is 9.26. The van der Waals surface area contributed by atoms with Gasteiger partial charge in [0, 0.05) is 11.6 Å². The molecule has 1 saturated carbocycles. The monoisotopic (exact) mass is 319 g/mol. The average molecular weight is 320 g/mol. The van der Waals surface area contributed by atoms with Crippen LogP contribution in [0.25, 0.3) is 0 Å². The van der Waals surface area contributed by atoms with E-state index in [-0.39, 0.29) is 23.1 Å². The van der Waals surface area contributed by atoms with Crippen LogP contribution in [0.3, 0.4) is 0 Å². The molecular formula is C13H18ClNO4S. The molecule has 5 nitrogen and oxygen atoms in total. The van der Waals surface area contributed by atoms with Gasteiger partial charge in [-0.3, -0.25) is 0 Å². The average Bonchev–Trinajstić information content (AvgIpc) is 3.21. The molecule has 0 aromatic heterocycles. The lowest BCUT2D eigenvalue weighted by molar-refractivity contribution is 0.0422. The first-order valence-corrected chi connectivity index (χ1v) is 8.18. The third-order valence-electron chi connectivity index (χ3n) is 3.49. The van der Waals surface area contributed by atoms with Crippen LogP contribution in [0, 0.1) is 5.92 Å². The summed E-state index contributed by atoms with van der Waals surface area (Å²) in [7, 11) is -2.39. The zero-order valence-corrected chi connectivity index (χ0v) is 13.0. The Morgan fingerprint density at radius 2 is 2.15 bits per heavy atom. The molecule has 1 fully saturated rings. The molecule has 1 unspecified atom stereocenters. The number of halogens is 1. The van der Waals surface area contributed by atoms with Gasteiger partial charge in [0.2, 0.25) is 10.0 Å². The number of hydrogen-bond donors (Lipinski definition) is 2. The molecule has 0 aliphatic heterocycles. The van der Waals surface area contributed by atoms with Crippen molar-refractivity contribution in [3.05, 3.63) is 23.2 Å². The Kier molecular flexibility index (Phi) is 4.30. The Hall–Kier alpha value is -0.820. The Morgan fingerprint density at radius 1 is 1.50 bits per heavy atom. The van der Waals surface area contributed by atoms with Crippen molar-refractivity contribution in [2.24, 2.45) is 5.92 Å². The second-order valence-corrected chi connectivity index (χ2v) is 7.42. The van der Waals surface area contributed by atoms with Crippen molar-refractivity contribution >= 4 is 21.6 Å². The molecule has 0 saturated heterocycles. The summed E-state index contributed by atoms with van der Waals surface area (Å²) in [5.74, 6) is 0.374. The second-order valence-electron chi connectivity index (χ2n) is 5.25. The molecular weight excluding hydrogens is 302 g/mol. The van der Waals surface area contributed by atoms with E-state index in [9.17, 15) is 13.5 Å². The predicted octanol–water partition coefficient (Wildman–Crippen LogP) is 1.79. The molecule has 112 valence electrons. The van der Waals surface area contributed by atoms with Crippen molar-refractivity contribution < 1.29 is 18.3 Å². The summed E-state index contributed by atoms with van der Waals surface area (Å²) in [4.78, 5) is -0.0286. The number of ether oxygens (including phenoxy) is 1. The lowest BCUT2D eigenvalue weighted by Gasteiger charge is -2.23. The van der Waals surface area contributed by atoms with E-state index in [0.29, 0.717) is 5.02 Å². The van der Waals surface area contributed by atoms with Gasteiger partial charge in [0.25, 0.3) is 0 Å². The van der Waals surface area contributed by atoms with E-state index in [1.165, 1.54) is 19.2 Å². The van der Waals surface area contributed by atoms with E-state index < -0.39 is 15.6 Å². The zero-order valence-electron chi connectivity index (χ0n) is 11.4. The molecule has 0 amide bonds. The molecule has 1 aromatic carbocycles. The fourth-order valence-electron chi connectivity index (χ4n) is 2.03. The Labute approximate surface area is 124 Å². The quantitative estimate of drug-likeness (QED) is 0.838. The van der Waals surface area contributed by atoms with Gasteiger partial charge in [0.05, 0.1) is 12.7 Å². The standard InChI is InChI=1S/C13H18ClNO4S/c1-13(16,9-3-4-9)8-15-20(17,18)12-7-10(14)5-6-11(12)19-2/h5-7,9,15-16H,3-4,8H2,1-2H3. The van der Waals surface area contributed by atoms with Gasteiger partial charge >= 0.3 is 0 Å². The summed E-state index contributed by atoms with van der Waals surface area (Å²) in [5.41, 5.74) is -1.03. The third-order valence-corrected chi connectivity index (χ3v) is 5.15. The van der Waals surface area contributed by atoms with E-state index in [0.717, 1.165) is 12.8 Å². The van der Waals surface area contributed by atoms with E-state index in [1.807, 2.05) is 0 Å². The number of nitrogens with one attached hydrogen (secondary N) is 1. The second kappa shape index (κ2) is 5.52. The number of aliphatic hydroxyl groups is 1. The maximum atomic E-state index is 12.3. The van der Waals surface area contributed by atoms with Crippen LogP contribution in [0.15, 0.2) is 23.1 Å². The third kappa shape index (κ3) is 3.44. The van der Waals surface area contributed by atoms with E-state index in [1.54, 1.807) is 13.0 Å². The molecule has 1 aromatic rings. The number of hydrogen-bond acceptors (Lipinski definition) is 4. The van der Waals surface area contributed by atoms with E-state index >= 15 is 0 Å². The Bertz CT molecular complexity index is 596. The number of sulfonamides is 1. The largest absolute Gasteiger partial charge is 0.495 e. The topological polar surface area (TPSA) is 75.6 Å². The summed E-state index contributed by atoms with van der Waals surface area (Å²) in [6.07, 6.45) is 1.85. The van der Waals surface area contributed by atoms with Crippen molar-refractivity contribution in [2.45, 2.75) is 30.3 Å². The molecule has 0 bridgehead atoms. The van der Waals surface area contributed by atoms with E-state index in [2.05, 4.69) is 4.72 Å². The predicted molar refractivity (Wildman–Crippen MR) is 76.5 cm³/mol. The molecule has 0 radical (unpaired) electrons. The number of rotatable bonds is 6. The molecule has 1 aliphatic carbocycles. The fraction of sp³-hybridized carbons (Fsp3) is 0.538. The van der Waals surface area contributed by atoms with Crippen LogP contribution in [-0.4, -0.2) is 32.8 Å². The molecule has 0 heterocycles. The first kappa shape index (κ1) is 15.6. The van der Waals surface area contributed by atoms with Gasteiger partial charge in [-0.1, -0.05) is 11.6 Å². The van der Waals surface area contributed by atoms with Gasteiger partial charge in [-0.15, -0.1) is 0 Å². The Morgan fingerprint density at radius 3 is 2.70 bits per heavy atom. The highest BCUT2D eigenvalue weighted by atomic mass is 35.5. The van der Waals surface area contributed by atoms with Gasteiger partial charge in [-0.05, 0) is 43.9 Å². The van der Waals surface area contributed by atoms with Gasteiger partial charge in [-0.2, -0.15) is 0 Å². The van der Waals surface area contributed by atoms with Crippen molar-refractivity contribution in [3.8, 4) is 5.75 Å². The van der Waals surface area contributed by atoms with Crippen molar-refractivity contribution in [2.75, 3.05) is 13.7 Å². The van der Waals surface area contributed by atoms with Crippen LogP contribution < -0.4 is 9.46 Å². The van der Waals surface area contributed by atoms with Gasteiger partial charge in [0.1, 0.15) is 10.6 Å². The van der Waals surface area contributed by atoms with Crippen LogP contribution in [0.2, 0.25) is 5.02 Å². The SMILES string of the molecule is COc1ccc(Cl)cc1S(=O)(=O)NCC(C)(O)C1CC1. The van der Waals surface area contributed by atoms with Crippen LogP contribution in [0.5, 0.6) is 5.75 Å². The van der Waals surface area contributed by atoms with Crippen molar-refractivity contribution in [3.63, 3.8) is 0 Å². The van der Waals surface area contributed by atoms with Crippen LogP contribution in [0.4, 0.5) is 0 Å². The molecule has 7 heteroatoms. The highest BCUT2D eigenvalue weighted by Crippen LogP contribution is 2.39. The molecule has 2 rings (SSSR count). The summed E-state index contributed by atoms with van der Waals surface area (Å²) >= 11 is 5.83. The van der Waals surface area contributed by atoms with Crippen LogP contribution in [0.1, 0.15) is 19.8 Å². The lowest BCUT2D eigenvalue weighted by atomic mass is 10.0. The normalized spacial score (nSPS) is 18.6. The molecule has 1 aliphatic rings. The molecule has 0 spiro atoms. The summed E-state index contributed by atoms with van der Waals surface area (Å²) < 4.78 is 32.0. The number of methoxy groups -OCH3 is 1. The highest BCUT2D eigenvalue weighted by Gasteiger charge is 2.40. The molecule has 1 atom stereocenters. The summed E-state index contributed by atoms with van der Waals surface area (Å²) in [5, 5.41) is 10.5. The fourth-order valence-corrected chi connectivity index (χ4v) is 3.60. The molecule has 20 heavy (non-hydrogen) atoms. The van der Waals surface area contributed by atoms with Gasteiger partial charge < -0.3 is 9.84 Å². The smallest absolute Gasteiger partial charge is 0.244 e. The molecule has 2 N–H and O–H groups in total. The zero-order chi connectivity index (χ0) is 15.0. The first-order valence-electron chi connectivity index (χ1n) is 6.32. The minimum absolute atomic E-state index is 0.0286. The number of benzene rings is 1. The van der Waals surface area contributed by atoms with Crippen LogP contribution in [-0.2, 0) is 10.0 Å². The van der Waals surface area contributed by atoms with Crippen molar-refractivity contribution in [1.29, 1.82) is 0 Å². The Balaban J connectivity index is 2.19. The van der Waals surface area contributed by atoms with E-state index in [4.69, 9.17) is 16.3 Å². The van der Waals surface area contributed by atoms with Gasteiger partial charge in [0.15, 0.2) is 0 Å². The maximum absolute atomic E-state index is 12.3. The summed E-state index contributed by atoms with van der Waals surface area (Å²) in [6.45, 7) is 1.61. The lowest BCUT2D eigenvalue weighted by Crippen LogP contribution is -2.42. The highest BCUT2D eigenvalue weighted by molar-refractivity contribution is 7.89. The minimum Gasteiger partial charge on any atom is -0.495 e. The summed E-state index contributed by atoms with van der Waals surface area (Å²) in [6, 6.07) is 4.38.